The van der Waals surface area contributed by atoms with Gasteiger partial charge in [0.2, 0.25) is 5.76 Å². The van der Waals surface area contributed by atoms with Crippen LogP contribution in [0, 0.1) is 5.92 Å². The van der Waals surface area contributed by atoms with Crippen molar-refractivity contribution in [2.24, 2.45) is 10.9 Å². The third kappa shape index (κ3) is 2.73. The maximum Gasteiger partial charge on any atom is 0.299 e. The summed E-state index contributed by atoms with van der Waals surface area (Å²) < 4.78 is 10.3. The molecule has 1 unspecified atom stereocenters. The number of carbonyl (C=O) groups is 2. The highest BCUT2D eigenvalue weighted by Crippen LogP contribution is 2.30. The van der Waals surface area contributed by atoms with Crippen LogP contribution in [-0.2, 0) is 4.79 Å². The van der Waals surface area contributed by atoms with E-state index in [0.29, 0.717) is 28.5 Å². The van der Waals surface area contributed by atoms with Gasteiger partial charge in [0, 0.05) is 23.3 Å². The minimum Gasteiger partial charge on any atom is -0.461 e. The molecule has 1 N–H and O–H groups in total. The van der Waals surface area contributed by atoms with Crippen LogP contribution in [0.15, 0.2) is 73.5 Å². The van der Waals surface area contributed by atoms with Crippen molar-refractivity contribution in [1.82, 2.24) is 10.5 Å². The molecule has 0 saturated heterocycles. The molecule has 0 fully saturated rings. The summed E-state index contributed by atoms with van der Waals surface area (Å²) in [5.41, 5.74) is 2.93. The number of hydrogen-bond donors (Lipinski definition) is 1. The molecule has 4 rings (SSSR count). The van der Waals surface area contributed by atoms with Gasteiger partial charge in [-0.25, -0.2) is 4.99 Å². The molecule has 0 aromatic carbocycles. The number of nitrogens with one attached hydrogen (secondary N) is 1. The summed E-state index contributed by atoms with van der Waals surface area (Å²) in [6, 6.07) is 4.90. The molecular weight excluding hydrogens is 334 g/mol. The fraction of sp³-hybridized carbons (Fsp3) is 0.158. The highest BCUT2D eigenvalue weighted by Gasteiger charge is 2.27. The number of aliphatic imine (C=N–C) groups is 1. The molecule has 2 aromatic rings. The summed E-state index contributed by atoms with van der Waals surface area (Å²) >= 11 is 0. The summed E-state index contributed by atoms with van der Waals surface area (Å²) in [6.45, 7) is 3.72. The molecule has 0 saturated carbocycles. The van der Waals surface area contributed by atoms with E-state index < -0.39 is 5.91 Å². The molecule has 2 amide bonds. The molecule has 0 radical (unpaired) electrons. The molecule has 7 heteroatoms. The molecular formula is C19H15N3O4. The number of furan rings is 1. The van der Waals surface area contributed by atoms with Gasteiger partial charge >= 0.3 is 0 Å². The lowest BCUT2D eigenvalue weighted by atomic mass is 9.85. The number of rotatable bonds is 2. The van der Waals surface area contributed by atoms with Gasteiger partial charge in [-0.1, -0.05) is 16.8 Å². The van der Waals surface area contributed by atoms with Crippen LogP contribution in [0.3, 0.4) is 0 Å². The lowest BCUT2D eigenvalue weighted by Gasteiger charge is -2.28. The van der Waals surface area contributed by atoms with E-state index in [1.807, 2.05) is 13.0 Å². The summed E-state index contributed by atoms with van der Waals surface area (Å²) in [5, 5.41) is 6.58. The predicted molar refractivity (Wildman–Crippen MR) is 93.2 cm³/mol. The Morgan fingerprint density at radius 2 is 2.15 bits per heavy atom. The van der Waals surface area contributed by atoms with E-state index >= 15 is 0 Å². The summed E-state index contributed by atoms with van der Waals surface area (Å²) in [6.07, 6.45) is 6.88. The number of allylic oxidation sites excluding steroid dienone is 3. The summed E-state index contributed by atoms with van der Waals surface area (Å²) in [4.78, 5) is 28.3. The van der Waals surface area contributed by atoms with Crippen molar-refractivity contribution in [1.29, 1.82) is 0 Å². The molecule has 2 aliphatic rings. The smallest absolute Gasteiger partial charge is 0.299 e. The Bertz CT molecular complexity index is 1020. The highest BCUT2D eigenvalue weighted by molar-refractivity contribution is 6.14. The Morgan fingerprint density at radius 1 is 1.31 bits per heavy atom. The Hall–Kier alpha value is -3.48. The van der Waals surface area contributed by atoms with Gasteiger partial charge in [-0.2, -0.15) is 0 Å². The lowest BCUT2D eigenvalue weighted by Crippen LogP contribution is -2.35. The molecule has 1 atom stereocenters. The van der Waals surface area contributed by atoms with E-state index in [1.54, 1.807) is 31.2 Å². The molecule has 1 aliphatic carbocycles. The van der Waals surface area contributed by atoms with Crippen LogP contribution in [0.5, 0.6) is 0 Å². The predicted octanol–water partition coefficient (Wildman–Crippen LogP) is 3.05. The minimum atomic E-state index is -0.535. The van der Waals surface area contributed by atoms with Gasteiger partial charge in [0.05, 0.1) is 12.0 Å². The van der Waals surface area contributed by atoms with Crippen molar-refractivity contribution in [2.75, 3.05) is 0 Å². The average Bonchev–Trinajstić information content (AvgIpc) is 3.30. The van der Waals surface area contributed by atoms with Crippen molar-refractivity contribution in [2.45, 2.75) is 13.8 Å². The van der Waals surface area contributed by atoms with Gasteiger partial charge in [-0.3, -0.25) is 9.59 Å². The van der Waals surface area contributed by atoms with Crippen molar-refractivity contribution in [3.8, 4) is 11.5 Å². The van der Waals surface area contributed by atoms with Crippen LogP contribution in [0.1, 0.15) is 24.3 Å². The fourth-order valence-corrected chi connectivity index (χ4v) is 2.88. The second-order valence-corrected chi connectivity index (χ2v) is 6.09. The number of fused-ring (bicyclic) bond motifs is 1. The normalized spacial score (nSPS) is 20.8. The molecule has 26 heavy (non-hydrogen) atoms. The Morgan fingerprint density at radius 3 is 2.92 bits per heavy atom. The van der Waals surface area contributed by atoms with Crippen LogP contribution < -0.4 is 5.32 Å². The van der Waals surface area contributed by atoms with Gasteiger partial charge in [0.25, 0.3) is 11.8 Å². The van der Waals surface area contributed by atoms with Gasteiger partial charge in [0.15, 0.2) is 11.5 Å². The third-order valence-corrected chi connectivity index (χ3v) is 4.48. The monoisotopic (exact) mass is 349 g/mol. The maximum absolute atomic E-state index is 12.3. The Labute approximate surface area is 148 Å². The second kappa shape index (κ2) is 6.11. The van der Waals surface area contributed by atoms with Crippen molar-refractivity contribution in [3.05, 3.63) is 65.2 Å². The van der Waals surface area contributed by atoms with E-state index in [4.69, 9.17) is 8.94 Å². The molecule has 7 nitrogen and oxygen atoms in total. The molecule has 2 aromatic heterocycles. The fourth-order valence-electron chi connectivity index (χ4n) is 2.88. The number of amides is 2. The molecule has 130 valence electrons. The zero-order valence-electron chi connectivity index (χ0n) is 14.1. The van der Waals surface area contributed by atoms with E-state index in [9.17, 15) is 9.59 Å². The zero-order chi connectivity index (χ0) is 18.3. The lowest BCUT2D eigenvalue weighted by molar-refractivity contribution is -0.117. The summed E-state index contributed by atoms with van der Waals surface area (Å²) in [5.74, 6) is 0.165. The third-order valence-electron chi connectivity index (χ3n) is 4.48. The largest absolute Gasteiger partial charge is 0.461 e. The van der Waals surface area contributed by atoms with Crippen LogP contribution in [0.2, 0.25) is 0 Å². The Balaban J connectivity index is 1.58. The van der Waals surface area contributed by atoms with Gasteiger partial charge in [-0.15, -0.1) is 0 Å². The van der Waals surface area contributed by atoms with Crippen LogP contribution >= 0.6 is 0 Å². The zero-order valence-corrected chi connectivity index (χ0v) is 14.1. The van der Waals surface area contributed by atoms with E-state index in [1.165, 1.54) is 12.3 Å². The van der Waals surface area contributed by atoms with Crippen LogP contribution in [-0.4, -0.2) is 22.7 Å². The first-order valence-electron chi connectivity index (χ1n) is 8.05. The Kier molecular flexibility index (Phi) is 3.76. The first kappa shape index (κ1) is 16.0. The number of aromatic nitrogens is 1. The molecule has 0 bridgehead atoms. The number of hydrogen-bond acceptors (Lipinski definition) is 5. The van der Waals surface area contributed by atoms with Crippen molar-refractivity contribution in [3.63, 3.8) is 0 Å². The molecule has 1 aliphatic heterocycles. The maximum atomic E-state index is 12.3. The minimum absolute atomic E-state index is 0.000595. The van der Waals surface area contributed by atoms with Gasteiger partial charge < -0.3 is 14.3 Å². The molecule has 3 heterocycles. The standard InChI is InChI=1S/C19H15N3O4/c1-10-11(2)18(23)21-14-8-12(5-6-13(10)14)20-19(24)15-9-17(26-22-15)16-4-3-7-25-16/h3-9,13H,1-2H3,(H,21,23). The van der Waals surface area contributed by atoms with Crippen molar-refractivity contribution < 1.29 is 18.5 Å². The van der Waals surface area contributed by atoms with Gasteiger partial charge in [0.1, 0.15) is 0 Å². The number of nitrogens with zero attached hydrogens (tertiary/aromatic N) is 2. The quantitative estimate of drug-likeness (QED) is 0.898. The first-order valence-corrected chi connectivity index (χ1v) is 8.05. The van der Waals surface area contributed by atoms with E-state index in [2.05, 4.69) is 15.5 Å². The topological polar surface area (TPSA) is 97.7 Å². The van der Waals surface area contributed by atoms with Crippen LogP contribution in [0.4, 0.5) is 0 Å². The highest BCUT2D eigenvalue weighted by atomic mass is 16.5. The molecule has 0 spiro atoms. The first-order chi connectivity index (χ1) is 12.5. The number of carbonyl (C=O) groups excluding carboxylic acids is 2. The second-order valence-electron chi connectivity index (χ2n) is 6.09. The SMILES string of the molecule is CC1=C(C)C2C=CC(=NC(=O)c3cc(-c4ccco4)on3)C=C2NC1=O. The summed E-state index contributed by atoms with van der Waals surface area (Å²) in [7, 11) is 0. The van der Waals surface area contributed by atoms with Gasteiger partial charge in [-0.05, 0) is 38.1 Å². The van der Waals surface area contributed by atoms with Crippen molar-refractivity contribution >= 4 is 17.5 Å². The average molecular weight is 349 g/mol. The van der Waals surface area contributed by atoms with E-state index in [-0.39, 0.29) is 17.5 Å². The van der Waals surface area contributed by atoms with Crippen LogP contribution in [0.25, 0.3) is 11.5 Å². The van der Waals surface area contributed by atoms with E-state index in [0.717, 1.165) is 5.57 Å².